The lowest BCUT2D eigenvalue weighted by atomic mass is 10.00. The number of hydrogen-bond acceptors (Lipinski definition) is 4. The molecule has 0 aromatic heterocycles. The van der Waals surface area contributed by atoms with Crippen molar-refractivity contribution in [3.8, 4) is 0 Å². The average molecular weight is 562 g/mol. The van der Waals surface area contributed by atoms with Gasteiger partial charge in [-0.2, -0.15) is 26.3 Å². The van der Waals surface area contributed by atoms with E-state index in [-0.39, 0.29) is 36.3 Å². The number of nitrogens with zero attached hydrogens (tertiary/aromatic N) is 2. The summed E-state index contributed by atoms with van der Waals surface area (Å²) in [5, 5.41) is 10.3. The first-order valence-corrected chi connectivity index (χ1v) is 12.0. The zero-order valence-corrected chi connectivity index (χ0v) is 21.1. The molecule has 0 radical (unpaired) electrons. The molecule has 1 atom stereocenters. The van der Waals surface area contributed by atoms with Gasteiger partial charge in [0.2, 0.25) is 5.91 Å². The second-order valence-corrected chi connectivity index (χ2v) is 8.82. The molecule has 1 saturated heterocycles. The minimum Gasteiger partial charge on any atom is -0.475 e. The minimum atomic E-state index is -5.08. The fourth-order valence-corrected chi connectivity index (χ4v) is 3.78. The van der Waals surface area contributed by atoms with Crippen LogP contribution in [-0.2, 0) is 15.8 Å². The van der Waals surface area contributed by atoms with Crippen LogP contribution in [0.15, 0.2) is 54.6 Å². The highest BCUT2D eigenvalue weighted by molar-refractivity contribution is 5.94. The monoisotopic (exact) mass is 561 g/mol. The largest absolute Gasteiger partial charge is 0.490 e. The van der Waals surface area contributed by atoms with Crippen LogP contribution in [0.25, 0.3) is 0 Å². The molecule has 0 aliphatic carbocycles. The number of carboxylic acids is 1. The number of halogens is 6. The Morgan fingerprint density at radius 1 is 0.949 bits per heavy atom. The molecule has 0 spiro atoms. The Morgan fingerprint density at radius 3 is 1.97 bits per heavy atom. The molecule has 2 amide bonds. The van der Waals surface area contributed by atoms with Crippen molar-refractivity contribution in [3.63, 3.8) is 0 Å². The van der Waals surface area contributed by atoms with Crippen molar-refractivity contribution in [3.05, 3.63) is 71.3 Å². The SMILES string of the molecule is CC(CN(CCC(=O)N1CCNCC1)C(=O)c1ccc(C(F)(F)F)cc1)c1ccccc1.O=C(O)C(F)(F)F. The molecule has 2 aromatic carbocycles. The van der Waals surface area contributed by atoms with Crippen molar-refractivity contribution in [2.75, 3.05) is 39.3 Å². The van der Waals surface area contributed by atoms with E-state index in [1.165, 1.54) is 12.1 Å². The maximum absolute atomic E-state index is 13.2. The van der Waals surface area contributed by atoms with Gasteiger partial charge in [-0.1, -0.05) is 37.3 Å². The molecule has 0 bridgehead atoms. The van der Waals surface area contributed by atoms with Crippen LogP contribution < -0.4 is 5.32 Å². The highest BCUT2D eigenvalue weighted by Crippen LogP contribution is 2.29. The van der Waals surface area contributed by atoms with Gasteiger partial charge in [-0.05, 0) is 35.7 Å². The quantitative estimate of drug-likeness (QED) is 0.489. The fraction of sp³-hybridized carbons (Fsp3) is 0.423. The summed E-state index contributed by atoms with van der Waals surface area (Å²) in [5.74, 6) is -3.16. The summed E-state index contributed by atoms with van der Waals surface area (Å²) in [5.41, 5.74) is 0.422. The predicted molar refractivity (Wildman–Crippen MR) is 130 cm³/mol. The van der Waals surface area contributed by atoms with Gasteiger partial charge in [0.1, 0.15) is 0 Å². The summed E-state index contributed by atoms with van der Waals surface area (Å²) in [6, 6.07) is 13.9. The summed E-state index contributed by atoms with van der Waals surface area (Å²) in [4.78, 5) is 38.0. The molecule has 214 valence electrons. The van der Waals surface area contributed by atoms with E-state index in [0.717, 1.165) is 30.8 Å². The van der Waals surface area contributed by atoms with Gasteiger partial charge in [-0.3, -0.25) is 9.59 Å². The van der Waals surface area contributed by atoms with Gasteiger partial charge in [-0.15, -0.1) is 0 Å². The lowest BCUT2D eigenvalue weighted by molar-refractivity contribution is -0.192. The molecule has 2 aromatic rings. The Bertz CT molecular complexity index is 1090. The van der Waals surface area contributed by atoms with E-state index in [0.29, 0.717) is 19.6 Å². The molecule has 1 fully saturated rings. The van der Waals surface area contributed by atoms with Crippen LogP contribution in [0.5, 0.6) is 0 Å². The first kappa shape index (κ1) is 31.6. The van der Waals surface area contributed by atoms with Gasteiger partial charge in [0, 0.05) is 51.3 Å². The molecular formula is C26H29F6N3O4. The zero-order valence-electron chi connectivity index (χ0n) is 21.1. The first-order valence-electron chi connectivity index (χ1n) is 12.0. The fourth-order valence-electron chi connectivity index (χ4n) is 3.78. The molecule has 13 heteroatoms. The van der Waals surface area contributed by atoms with Crippen LogP contribution in [0.3, 0.4) is 0 Å². The third-order valence-electron chi connectivity index (χ3n) is 5.92. The number of benzene rings is 2. The normalized spacial score (nSPS) is 14.6. The third-order valence-corrected chi connectivity index (χ3v) is 5.92. The van der Waals surface area contributed by atoms with Crippen LogP contribution in [0.1, 0.15) is 40.7 Å². The summed E-state index contributed by atoms with van der Waals surface area (Å²) in [6.45, 7) is 5.30. The summed E-state index contributed by atoms with van der Waals surface area (Å²) >= 11 is 0. The van der Waals surface area contributed by atoms with Crippen LogP contribution >= 0.6 is 0 Å². The van der Waals surface area contributed by atoms with Crippen molar-refractivity contribution >= 4 is 17.8 Å². The van der Waals surface area contributed by atoms with Crippen molar-refractivity contribution in [1.29, 1.82) is 0 Å². The zero-order chi connectivity index (χ0) is 29.2. The number of rotatable bonds is 7. The summed E-state index contributed by atoms with van der Waals surface area (Å²) < 4.78 is 70.4. The third kappa shape index (κ3) is 10.2. The van der Waals surface area contributed by atoms with Crippen LogP contribution in [0, 0.1) is 0 Å². The lowest BCUT2D eigenvalue weighted by Crippen LogP contribution is -2.47. The van der Waals surface area contributed by atoms with Crippen LogP contribution in [-0.4, -0.2) is 78.1 Å². The van der Waals surface area contributed by atoms with Gasteiger partial charge in [0.25, 0.3) is 5.91 Å². The second-order valence-electron chi connectivity index (χ2n) is 8.82. The Labute approximate surface area is 221 Å². The molecule has 0 saturated carbocycles. The highest BCUT2D eigenvalue weighted by Gasteiger charge is 2.38. The molecule has 1 aliphatic rings. The predicted octanol–water partition coefficient (Wildman–Crippen LogP) is 4.41. The Balaban J connectivity index is 0.000000673. The standard InChI is InChI=1S/C24H28F3N3O2.C2HF3O2/c1-18(19-5-3-2-4-6-19)17-30(14-11-22(31)29-15-12-28-13-16-29)23(32)20-7-9-21(10-8-20)24(25,26)27;3-2(4,5)1(6)7/h2-10,18,28H,11-17H2,1H3;(H,6,7). The maximum Gasteiger partial charge on any atom is 0.490 e. The first-order chi connectivity index (χ1) is 18.2. The molecule has 39 heavy (non-hydrogen) atoms. The van der Waals surface area contributed by atoms with Crippen LogP contribution in [0.4, 0.5) is 26.3 Å². The minimum absolute atomic E-state index is 0.00360. The maximum atomic E-state index is 13.2. The van der Waals surface area contributed by atoms with E-state index in [9.17, 15) is 35.9 Å². The van der Waals surface area contributed by atoms with E-state index >= 15 is 0 Å². The van der Waals surface area contributed by atoms with E-state index < -0.39 is 23.9 Å². The van der Waals surface area contributed by atoms with Gasteiger partial charge in [-0.25, -0.2) is 4.79 Å². The van der Waals surface area contributed by atoms with Crippen molar-refractivity contribution in [2.45, 2.75) is 31.6 Å². The van der Waals surface area contributed by atoms with Crippen molar-refractivity contribution in [1.82, 2.24) is 15.1 Å². The molecule has 1 unspecified atom stereocenters. The molecule has 3 rings (SSSR count). The van der Waals surface area contributed by atoms with Gasteiger partial charge in [0.05, 0.1) is 5.56 Å². The topological polar surface area (TPSA) is 90.0 Å². The molecule has 2 N–H and O–H groups in total. The highest BCUT2D eigenvalue weighted by atomic mass is 19.4. The lowest BCUT2D eigenvalue weighted by Gasteiger charge is -2.30. The van der Waals surface area contributed by atoms with E-state index in [4.69, 9.17) is 9.90 Å². The average Bonchev–Trinajstić information content (AvgIpc) is 2.90. The van der Waals surface area contributed by atoms with Crippen molar-refractivity contribution < 1.29 is 45.8 Å². The Kier molecular flexibility index (Phi) is 11.3. The smallest absolute Gasteiger partial charge is 0.475 e. The summed E-state index contributed by atoms with van der Waals surface area (Å²) in [6.07, 6.45) is -9.37. The molecule has 7 nitrogen and oxygen atoms in total. The summed E-state index contributed by atoms with van der Waals surface area (Å²) in [7, 11) is 0. The molecule has 1 aliphatic heterocycles. The van der Waals surface area contributed by atoms with E-state index in [1.807, 2.05) is 37.3 Å². The number of carbonyl (C=O) groups is 3. The number of piperazine rings is 1. The number of carboxylic acid groups (broad SMARTS) is 1. The van der Waals surface area contributed by atoms with Gasteiger partial charge < -0.3 is 20.2 Å². The van der Waals surface area contributed by atoms with Crippen LogP contribution in [0.2, 0.25) is 0 Å². The van der Waals surface area contributed by atoms with Gasteiger partial charge in [0.15, 0.2) is 0 Å². The number of carbonyl (C=O) groups excluding carboxylic acids is 2. The second kappa shape index (κ2) is 14.0. The van der Waals surface area contributed by atoms with Crippen molar-refractivity contribution in [2.24, 2.45) is 0 Å². The number of alkyl halides is 6. The Morgan fingerprint density at radius 2 is 1.49 bits per heavy atom. The molecular weight excluding hydrogens is 532 g/mol. The van der Waals surface area contributed by atoms with E-state index in [2.05, 4.69) is 5.32 Å². The molecule has 1 heterocycles. The number of hydrogen-bond donors (Lipinski definition) is 2. The Hall–Kier alpha value is -3.61. The number of amides is 2. The number of aliphatic carboxylic acids is 1. The van der Waals surface area contributed by atoms with Gasteiger partial charge >= 0.3 is 18.3 Å². The van der Waals surface area contributed by atoms with E-state index in [1.54, 1.807) is 9.80 Å². The number of nitrogens with one attached hydrogen (secondary N) is 1.